The van der Waals surface area contributed by atoms with Gasteiger partial charge < -0.3 is 10.1 Å². The molecule has 1 saturated heterocycles. The van der Waals surface area contributed by atoms with Gasteiger partial charge in [0, 0.05) is 18.6 Å². The number of benzene rings is 2. The highest BCUT2D eigenvalue weighted by molar-refractivity contribution is 5.83. The number of fused-ring (bicyclic) bond motifs is 1. The zero-order valence-electron chi connectivity index (χ0n) is 10.7. The van der Waals surface area contributed by atoms with Gasteiger partial charge in [-0.2, -0.15) is 0 Å². The van der Waals surface area contributed by atoms with Crippen LogP contribution >= 0.6 is 0 Å². The Morgan fingerprint density at radius 1 is 1.17 bits per heavy atom. The van der Waals surface area contributed by atoms with E-state index in [-0.39, 0.29) is 0 Å². The highest BCUT2D eigenvalue weighted by Gasteiger charge is 2.25. The Kier molecular flexibility index (Phi) is 3.31. The predicted octanol–water partition coefficient (Wildman–Crippen LogP) is 3.14. The quantitative estimate of drug-likeness (QED) is 0.891. The molecule has 3 rings (SSSR count). The fraction of sp³-hybridized carbons (Fsp3) is 0.375. The average molecular weight is 241 g/mol. The molecule has 0 aromatic heterocycles. The fourth-order valence-electron chi connectivity index (χ4n) is 2.89. The Hall–Kier alpha value is -1.38. The van der Waals surface area contributed by atoms with Crippen molar-refractivity contribution in [3.8, 4) is 0 Å². The van der Waals surface area contributed by atoms with E-state index in [9.17, 15) is 0 Å². The molecule has 18 heavy (non-hydrogen) atoms. The minimum absolute atomic E-state index is 0.400. The monoisotopic (exact) mass is 241 g/mol. The van der Waals surface area contributed by atoms with Crippen LogP contribution in [0.25, 0.3) is 10.8 Å². The van der Waals surface area contributed by atoms with Crippen molar-refractivity contribution in [3.05, 3.63) is 48.0 Å². The lowest BCUT2D eigenvalue weighted by atomic mass is 9.91. The maximum Gasteiger partial charge on any atom is 0.0513 e. The van der Waals surface area contributed by atoms with Crippen molar-refractivity contribution in [3.63, 3.8) is 0 Å². The van der Waals surface area contributed by atoms with Crippen molar-refractivity contribution < 1.29 is 4.74 Å². The van der Waals surface area contributed by atoms with Crippen LogP contribution in [0.4, 0.5) is 0 Å². The van der Waals surface area contributed by atoms with E-state index in [1.807, 2.05) is 7.05 Å². The van der Waals surface area contributed by atoms with Crippen LogP contribution in [0.1, 0.15) is 18.0 Å². The van der Waals surface area contributed by atoms with Gasteiger partial charge in [0.2, 0.25) is 0 Å². The molecule has 1 aliphatic rings. The highest BCUT2D eigenvalue weighted by atomic mass is 16.5. The van der Waals surface area contributed by atoms with Gasteiger partial charge in [0.05, 0.1) is 6.61 Å². The molecule has 2 atom stereocenters. The number of ether oxygens (including phenoxy) is 1. The van der Waals surface area contributed by atoms with E-state index in [1.54, 1.807) is 0 Å². The second kappa shape index (κ2) is 5.09. The minimum atomic E-state index is 0.400. The van der Waals surface area contributed by atoms with Gasteiger partial charge in [0.1, 0.15) is 0 Å². The zero-order chi connectivity index (χ0) is 12.4. The van der Waals surface area contributed by atoms with E-state index in [0.29, 0.717) is 12.0 Å². The van der Waals surface area contributed by atoms with Crippen molar-refractivity contribution in [2.45, 2.75) is 12.5 Å². The maximum absolute atomic E-state index is 5.51. The van der Waals surface area contributed by atoms with Crippen molar-refractivity contribution in [1.82, 2.24) is 5.32 Å². The summed E-state index contributed by atoms with van der Waals surface area (Å²) >= 11 is 0. The summed E-state index contributed by atoms with van der Waals surface area (Å²) in [7, 11) is 2.04. The first kappa shape index (κ1) is 11.7. The van der Waals surface area contributed by atoms with Crippen LogP contribution in [0.15, 0.2) is 42.5 Å². The second-order valence-corrected chi connectivity index (χ2v) is 5.00. The summed E-state index contributed by atoms with van der Waals surface area (Å²) in [6.07, 6.45) is 1.15. The molecule has 1 N–H and O–H groups in total. The van der Waals surface area contributed by atoms with Gasteiger partial charge in [0.25, 0.3) is 0 Å². The lowest BCUT2D eigenvalue weighted by Crippen LogP contribution is -2.25. The summed E-state index contributed by atoms with van der Waals surface area (Å²) in [6.45, 7) is 1.77. The van der Waals surface area contributed by atoms with Crippen LogP contribution in [0, 0.1) is 5.92 Å². The topological polar surface area (TPSA) is 21.3 Å². The van der Waals surface area contributed by atoms with Crippen LogP contribution < -0.4 is 5.32 Å². The first-order valence-corrected chi connectivity index (χ1v) is 6.62. The van der Waals surface area contributed by atoms with Crippen LogP contribution in [0.3, 0.4) is 0 Å². The number of hydrogen-bond acceptors (Lipinski definition) is 2. The van der Waals surface area contributed by atoms with Gasteiger partial charge in [-0.15, -0.1) is 0 Å². The van der Waals surface area contributed by atoms with Crippen LogP contribution in [-0.2, 0) is 4.74 Å². The molecular weight excluding hydrogens is 222 g/mol. The molecule has 1 fully saturated rings. The Bertz CT molecular complexity index is 531. The van der Waals surface area contributed by atoms with E-state index in [1.165, 1.54) is 16.3 Å². The summed E-state index contributed by atoms with van der Waals surface area (Å²) in [4.78, 5) is 0. The fourth-order valence-corrected chi connectivity index (χ4v) is 2.89. The van der Waals surface area contributed by atoms with Gasteiger partial charge in [-0.25, -0.2) is 0 Å². The van der Waals surface area contributed by atoms with Crippen LogP contribution in [0.2, 0.25) is 0 Å². The second-order valence-electron chi connectivity index (χ2n) is 5.00. The van der Waals surface area contributed by atoms with Gasteiger partial charge in [0.15, 0.2) is 0 Å². The normalized spacial score (nSPS) is 21.3. The highest BCUT2D eigenvalue weighted by Crippen LogP contribution is 2.30. The molecule has 2 nitrogen and oxygen atoms in total. The Labute approximate surface area is 108 Å². The van der Waals surface area contributed by atoms with Crippen molar-refractivity contribution in [2.75, 3.05) is 20.3 Å². The Balaban J connectivity index is 1.96. The first-order chi connectivity index (χ1) is 8.88. The first-order valence-electron chi connectivity index (χ1n) is 6.62. The molecule has 2 heteroatoms. The van der Waals surface area contributed by atoms with Gasteiger partial charge in [-0.05, 0) is 35.9 Å². The van der Waals surface area contributed by atoms with Crippen molar-refractivity contribution >= 4 is 10.8 Å². The third kappa shape index (κ3) is 2.14. The molecule has 1 heterocycles. The SMILES string of the molecule is CNC(c1ccc2ccccc2c1)C1CCOC1. The molecule has 0 amide bonds. The molecule has 0 radical (unpaired) electrons. The third-order valence-corrected chi connectivity index (χ3v) is 3.88. The molecule has 0 saturated carbocycles. The molecular formula is C16H19NO. The van der Waals surface area contributed by atoms with E-state index in [4.69, 9.17) is 4.74 Å². The summed E-state index contributed by atoms with van der Waals surface area (Å²) in [5.41, 5.74) is 1.37. The van der Waals surface area contributed by atoms with E-state index in [2.05, 4.69) is 47.8 Å². The summed E-state index contributed by atoms with van der Waals surface area (Å²) in [5.74, 6) is 0.594. The smallest absolute Gasteiger partial charge is 0.0513 e. The minimum Gasteiger partial charge on any atom is -0.381 e. The standard InChI is InChI=1S/C16H19NO/c1-17-16(15-8-9-18-11-15)14-7-6-12-4-2-3-5-13(12)10-14/h2-7,10,15-17H,8-9,11H2,1H3. The molecule has 2 aromatic rings. The lowest BCUT2D eigenvalue weighted by molar-refractivity contribution is 0.178. The summed E-state index contributed by atoms with van der Waals surface area (Å²) in [5, 5.41) is 6.06. The van der Waals surface area contributed by atoms with Crippen LogP contribution in [0.5, 0.6) is 0 Å². The predicted molar refractivity (Wildman–Crippen MR) is 74.7 cm³/mol. The van der Waals surface area contributed by atoms with Crippen molar-refractivity contribution in [1.29, 1.82) is 0 Å². The summed E-state index contributed by atoms with van der Waals surface area (Å²) < 4.78 is 5.51. The van der Waals surface area contributed by atoms with Gasteiger partial charge in [-0.3, -0.25) is 0 Å². The van der Waals surface area contributed by atoms with E-state index in [0.717, 1.165) is 19.6 Å². The molecule has 2 unspecified atom stereocenters. The third-order valence-electron chi connectivity index (χ3n) is 3.88. The van der Waals surface area contributed by atoms with Gasteiger partial charge in [-0.1, -0.05) is 36.4 Å². The van der Waals surface area contributed by atoms with E-state index >= 15 is 0 Å². The van der Waals surface area contributed by atoms with Crippen molar-refractivity contribution in [2.24, 2.45) is 5.92 Å². The molecule has 0 spiro atoms. The van der Waals surface area contributed by atoms with E-state index < -0.39 is 0 Å². The largest absolute Gasteiger partial charge is 0.381 e. The molecule has 1 aliphatic heterocycles. The molecule has 0 aliphatic carbocycles. The molecule has 2 aromatic carbocycles. The Morgan fingerprint density at radius 3 is 2.72 bits per heavy atom. The summed E-state index contributed by atoms with van der Waals surface area (Å²) in [6, 6.07) is 15.7. The number of nitrogens with one attached hydrogen (secondary N) is 1. The number of rotatable bonds is 3. The molecule has 0 bridgehead atoms. The van der Waals surface area contributed by atoms with Gasteiger partial charge >= 0.3 is 0 Å². The Morgan fingerprint density at radius 2 is 2.00 bits per heavy atom. The number of hydrogen-bond donors (Lipinski definition) is 1. The molecule has 94 valence electrons. The zero-order valence-corrected chi connectivity index (χ0v) is 10.7. The maximum atomic E-state index is 5.51. The van der Waals surface area contributed by atoms with Crippen LogP contribution in [-0.4, -0.2) is 20.3 Å². The average Bonchev–Trinajstić information content (AvgIpc) is 2.93. The lowest BCUT2D eigenvalue weighted by Gasteiger charge is -2.22.